The Morgan fingerprint density at radius 1 is 1.00 bits per heavy atom. The van der Waals surface area contributed by atoms with E-state index in [1.165, 1.54) is 24.1 Å². The van der Waals surface area contributed by atoms with E-state index in [0.717, 1.165) is 3.63 Å². The van der Waals surface area contributed by atoms with Crippen LogP contribution in [0.1, 0.15) is 41.9 Å². The number of fused-ring (bicyclic) bond motifs is 1. The third-order valence-corrected chi connectivity index (χ3v) is 28.5. The first-order valence-corrected chi connectivity index (χ1v) is 26.0. The van der Waals surface area contributed by atoms with Gasteiger partial charge in [-0.15, -0.1) is 24.8 Å². The number of hydrogen-bond donors (Lipinski definition) is 0. The number of benzene rings is 1. The van der Waals surface area contributed by atoms with Gasteiger partial charge in [0.15, 0.2) is 0 Å². The fourth-order valence-corrected chi connectivity index (χ4v) is 29.7. The van der Waals surface area contributed by atoms with Crippen LogP contribution < -0.4 is 0 Å². The Labute approximate surface area is 159 Å². The molecule has 0 bridgehead atoms. The van der Waals surface area contributed by atoms with Gasteiger partial charge in [-0.05, 0) is 0 Å². The standard InChI is InChI=1S/C10H9.C7H9.2CH3.2ClH.GeH2.Zr/c1-8-6-9-4-2-3-5-10(9)7-8;1-6-3-4-7(2)5-6;;;;;;/h2-7H,1H3;5H,3H2,1-2H3;2*1H3;2*1H;1H2;. The van der Waals surface area contributed by atoms with E-state index >= 15 is 0 Å². The van der Waals surface area contributed by atoms with Crippen LogP contribution >= 0.6 is 24.8 Å². The predicted molar refractivity (Wildman–Crippen MR) is 109 cm³/mol. The second kappa shape index (κ2) is 6.98. The summed E-state index contributed by atoms with van der Waals surface area (Å²) >= 11 is -1.41. The van der Waals surface area contributed by atoms with E-state index in [0.29, 0.717) is 0 Å². The molecule has 0 aromatic heterocycles. The zero-order chi connectivity index (χ0) is 15.4. The third-order valence-electron chi connectivity index (χ3n) is 5.46. The van der Waals surface area contributed by atoms with E-state index in [9.17, 15) is 0 Å². The van der Waals surface area contributed by atoms with Crippen molar-refractivity contribution in [1.29, 1.82) is 0 Å². The van der Waals surface area contributed by atoms with Crippen LogP contribution in [0.4, 0.5) is 0 Å². The summed E-state index contributed by atoms with van der Waals surface area (Å²) in [6.07, 6.45) is 6.13. The number of halogens is 2. The molecule has 0 heterocycles. The van der Waals surface area contributed by atoms with Gasteiger partial charge in [0.2, 0.25) is 0 Å². The molecule has 2 aliphatic carbocycles. The molecule has 0 fully saturated rings. The minimum atomic E-state index is -2.90. The van der Waals surface area contributed by atoms with Crippen molar-refractivity contribution in [1.82, 2.24) is 0 Å². The first kappa shape index (κ1) is 21.5. The van der Waals surface area contributed by atoms with Crippen LogP contribution in [0.5, 0.6) is 0 Å². The van der Waals surface area contributed by atoms with Gasteiger partial charge in [-0.3, -0.25) is 0 Å². The van der Waals surface area contributed by atoms with Crippen LogP contribution in [0.2, 0.25) is 9.26 Å². The SMILES string of the molecule is CC1=CC(C)=[C]([Zr]([CH3])([CH3])(=[GeH2])[CH]2C(C)=Cc3ccccc32)C1.Cl.Cl. The van der Waals surface area contributed by atoms with Crippen molar-refractivity contribution in [3.63, 3.8) is 0 Å². The zero-order valence-electron chi connectivity index (χ0n) is 14.8. The Morgan fingerprint density at radius 2 is 1.61 bits per heavy atom. The number of allylic oxidation sites excluding steroid dienone is 5. The normalized spacial score (nSPS) is 20.3. The summed E-state index contributed by atoms with van der Waals surface area (Å²) in [5.74, 6) is 0. The van der Waals surface area contributed by atoms with Crippen LogP contribution in [0, 0.1) is 0 Å². The van der Waals surface area contributed by atoms with Gasteiger partial charge in [0.25, 0.3) is 0 Å². The van der Waals surface area contributed by atoms with Crippen molar-refractivity contribution in [2.24, 2.45) is 0 Å². The molecule has 0 nitrogen and oxygen atoms in total. The van der Waals surface area contributed by atoms with Gasteiger partial charge in [-0.25, -0.2) is 0 Å². The van der Waals surface area contributed by atoms with Crippen LogP contribution in [0.15, 0.2) is 50.3 Å². The maximum absolute atomic E-state index is 2.90. The van der Waals surface area contributed by atoms with E-state index in [-0.39, 0.29) is 24.8 Å². The second-order valence-electron chi connectivity index (χ2n) is 8.09. The van der Waals surface area contributed by atoms with Crippen molar-refractivity contribution in [2.45, 2.75) is 40.1 Å². The quantitative estimate of drug-likeness (QED) is 0.449. The Balaban J connectivity index is 0.00000132. The largest absolute Gasteiger partial charge is 0.147 e. The van der Waals surface area contributed by atoms with Crippen molar-refractivity contribution >= 4 is 43.0 Å². The molecular weight excluding hydrogens is 463 g/mol. The molecule has 0 radical (unpaired) electrons. The summed E-state index contributed by atoms with van der Waals surface area (Å²) in [5, 5.41) is 0. The van der Waals surface area contributed by atoms with Crippen LogP contribution in [0.25, 0.3) is 6.08 Å². The first-order valence-electron chi connectivity index (χ1n) is 7.91. The predicted octanol–water partition coefficient (Wildman–Crippen LogP) is 5.95. The molecule has 4 heteroatoms. The topological polar surface area (TPSA) is 0 Å². The maximum Gasteiger partial charge on any atom is -0.147 e. The summed E-state index contributed by atoms with van der Waals surface area (Å²) in [7, 11) is 0. The van der Waals surface area contributed by atoms with Crippen molar-refractivity contribution < 1.29 is 15.7 Å². The monoisotopic (exact) mass is 490 g/mol. The molecule has 23 heavy (non-hydrogen) atoms. The van der Waals surface area contributed by atoms with E-state index in [1.54, 1.807) is 22.3 Å². The molecule has 0 spiro atoms. The summed E-state index contributed by atoms with van der Waals surface area (Å²) in [4.78, 5) is 0. The molecule has 3 rings (SSSR count). The molecule has 0 amide bonds. The molecule has 0 aliphatic heterocycles. The molecule has 1 aromatic rings. The van der Waals surface area contributed by atoms with Crippen LogP contribution in [-0.4, -0.2) is 12.1 Å². The smallest absolute Gasteiger partial charge is 0.147 e. The van der Waals surface area contributed by atoms with Gasteiger partial charge in [0.1, 0.15) is 0 Å². The minimum absolute atomic E-state index is 0. The third kappa shape index (κ3) is 3.55. The Hall–Kier alpha value is 0.446. The number of hydrogen-bond acceptors (Lipinski definition) is 0. The number of rotatable bonds is 2. The van der Waals surface area contributed by atoms with E-state index in [2.05, 4.69) is 66.5 Å². The molecule has 0 saturated carbocycles. The molecular formula is C19H28Cl2GeZr. The molecule has 0 N–H and O–H groups in total. The summed E-state index contributed by atoms with van der Waals surface area (Å²) in [6.45, 7) is 7.01. The molecule has 1 atom stereocenters. The molecule has 1 unspecified atom stereocenters. The summed E-state index contributed by atoms with van der Waals surface area (Å²) in [5.41, 5.74) is 7.85. The first-order chi connectivity index (χ1) is 9.69. The molecule has 2 aliphatic rings. The second-order valence-corrected chi connectivity index (χ2v) is 51.8. The summed E-state index contributed by atoms with van der Waals surface area (Å²) < 4.78 is 8.00. The molecule has 0 saturated heterocycles. The molecule has 126 valence electrons. The minimum Gasteiger partial charge on any atom is -0.147 e. The Kier molecular flexibility index (Phi) is 6.53. The average Bonchev–Trinajstić information content (AvgIpc) is 2.88. The van der Waals surface area contributed by atoms with E-state index in [4.69, 9.17) is 0 Å². The Bertz CT molecular complexity index is 793. The van der Waals surface area contributed by atoms with E-state index in [1.807, 2.05) is 3.28 Å². The van der Waals surface area contributed by atoms with Crippen LogP contribution in [0.3, 0.4) is 0 Å². The van der Waals surface area contributed by atoms with Crippen molar-refractivity contribution in [3.8, 4) is 0 Å². The van der Waals surface area contributed by atoms with Gasteiger partial charge < -0.3 is 0 Å². The van der Waals surface area contributed by atoms with Gasteiger partial charge >= 0.3 is 135 Å². The average molecular weight is 491 g/mol. The summed E-state index contributed by atoms with van der Waals surface area (Å²) in [6, 6.07) is 9.08. The fraction of sp³-hybridized carbons (Fsp3) is 0.368. The fourth-order valence-electron chi connectivity index (χ4n) is 4.75. The molecule has 1 aromatic carbocycles. The Morgan fingerprint density at radius 3 is 2.17 bits per heavy atom. The van der Waals surface area contributed by atoms with Gasteiger partial charge in [0.05, 0.1) is 0 Å². The maximum atomic E-state index is 2.71. The van der Waals surface area contributed by atoms with Crippen molar-refractivity contribution in [3.05, 3.63) is 61.5 Å². The van der Waals surface area contributed by atoms with Gasteiger partial charge in [-0.1, -0.05) is 0 Å². The van der Waals surface area contributed by atoms with E-state index < -0.39 is 15.7 Å². The zero-order valence-corrected chi connectivity index (χ0v) is 21.8. The van der Waals surface area contributed by atoms with Gasteiger partial charge in [0, 0.05) is 0 Å². The van der Waals surface area contributed by atoms with Crippen molar-refractivity contribution in [2.75, 3.05) is 0 Å². The van der Waals surface area contributed by atoms with Gasteiger partial charge in [-0.2, -0.15) is 0 Å². The van der Waals surface area contributed by atoms with Crippen LogP contribution in [-0.2, 0) is 15.7 Å².